The number of rotatable bonds is 3. The molecule has 2 amide bonds. The summed E-state index contributed by atoms with van der Waals surface area (Å²) in [5.74, 6) is -0.898. The second kappa shape index (κ2) is 6.31. The van der Waals surface area contributed by atoms with E-state index in [4.69, 9.17) is 5.11 Å². The van der Waals surface area contributed by atoms with E-state index in [1.807, 2.05) is 0 Å². The molecule has 0 bridgehead atoms. The van der Waals surface area contributed by atoms with Gasteiger partial charge in [-0.3, -0.25) is 4.72 Å². The predicted octanol–water partition coefficient (Wildman–Crippen LogP) is 2.23. The number of hydrogen-bond acceptors (Lipinski definition) is 3. The molecule has 6 heteroatoms. The molecule has 102 valence electrons. The minimum atomic E-state index is -0.898. The Bertz CT molecular complexity index is 318. The highest BCUT2D eigenvalue weighted by molar-refractivity contribution is 7.98. The molecule has 0 spiro atoms. The maximum Gasteiger partial charge on any atom is 0.328 e. The molecule has 2 rings (SSSR count). The number of carbonyl (C=O) groups excluding carboxylic acids is 1. The quantitative estimate of drug-likeness (QED) is 0.773. The van der Waals surface area contributed by atoms with Crippen LogP contribution in [0.15, 0.2) is 0 Å². The molecule has 18 heavy (non-hydrogen) atoms. The molecule has 0 aromatic rings. The van der Waals surface area contributed by atoms with Crippen molar-refractivity contribution in [3.63, 3.8) is 0 Å². The number of nitrogens with one attached hydrogen (secondary N) is 1. The maximum absolute atomic E-state index is 11.9. The van der Waals surface area contributed by atoms with E-state index in [0.29, 0.717) is 18.2 Å². The van der Waals surface area contributed by atoms with E-state index in [0.717, 1.165) is 19.3 Å². The Morgan fingerprint density at radius 2 is 1.83 bits per heavy atom. The van der Waals surface area contributed by atoms with Crippen LogP contribution >= 0.6 is 11.9 Å². The van der Waals surface area contributed by atoms with Crippen LogP contribution in [0.4, 0.5) is 4.79 Å². The zero-order valence-electron chi connectivity index (χ0n) is 10.4. The Labute approximate surface area is 111 Å². The fraction of sp³-hybridized carbons (Fsp3) is 0.833. The molecule has 2 aliphatic rings. The third-order valence-electron chi connectivity index (χ3n) is 3.66. The van der Waals surface area contributed by atoms with Gasteiger partial charge >= 0.3 is 12.0 Å². The minimum absolute atomic E-state index is 0.240. The number of carboxylic acids is 1. The van der Waals surface area contributed by atoms with E-state index in [1.54, 1.807) is 0 Å². The van der Waals surface area contributed by atoms with Crippen LogP contribution < -0.4 is 4.72 Å². The van der Waals surface area contributed by atoms with Crippen molar-refractivity contribution in [2.75, 3.05) is 6.54 Å². The lowest BCUT2D eigenvalue weighted by Crippen LogP contribution is -2.44. The number of urea groups is 1. The van der Waals surface area contributed by atoms with E-state index < -0.39 is 12.0 Å². The van der Waals surface area contributed by atoms with Crippen molar-refractivity contribution in [2.24, 2.45) is 0 Å². The Morgan fingerprint density at radius 1 is 1.11 bits per heavy atom. The normalized spacial score (nSPS) is 25.1. The fourth-order valence-corrected chi connectivity index (χ4v) is 3.60. The first-order chi connectivity index (χ1) is 8.68. The van der Waals surface area contributed by atoms with Crippen LogP contribution in [-0.2, 0) is 4.79 Å². The Balaban J connectivity index is 1.78. The molecule has 1 atom stereocenters. The van der Waals surface area contributed by atoms with E-state index >= 15 is 0 Å². The Hall–Kier alpha value is -0.910. The van der Waals surface area contributed by atoms with Crippen LogP contribution in [0.1, 0.15) is 44.9 Å². The van der Waals surface area contributed by atoms with E-state index in [9.17, 15) is 9.59 Å². The smallest absolute Gasteiger partial charge is 0.328 e. The van der Waals surface area contributed by atoms with Crippen molar-refractivity contribution in [1.29, 1.82) is 0 Å². The summed E-state index contributed by atoms with van der Waals surface area (Å²) in [7, 11) is 0. The number of nitrogens with zero attached hydrogens (tertiary/aromatic N) is 1. The molecular formula is C12H20N2O3S. The molecule has 1 aliphatic heterocycles. The highest BCUT2D eigenvalue weighted by Crippen LogP contribution is 2.27. The van der Waals surface area contributed by atoms with Gasteiger partial charge in [0.2, 0.25) is 0 Å². The van der Waals surface area contributed by atoms with Crippen molar-refractivity contribution in [1.82, 2.24) is 9.62 Å². The summed E-state index contributed by atoms with van der Waals surface area (Å²) < 4.78 is 2.82. The molecule has 0 unspecified atom stereocenters. The largest absolute Gasteiger partial charge is 0.480 e. The zero-order chi connectivity index (χ0) is 13.0. The van der Waals surface area contributed by atoms with Gasteiger partial charge in [0.25, 0.3) is 0 Å². The molecular weight excluding hydrogens is 252 g/mol. The summed E-state index contributed by atoms with van der Waals surface area (Å²) in [6.45, 7) is 0.550. The predicted molar refractivity (Wildman–Crippen MR) is 70.4 cm³/mol. The average Bonchev–Trinajstić information content (AvgIpc) is 2.86. The van der Waals surface area contributed by atoms with Crippen LogP contribution in [-0.4, -0.2) is 39.8 Å². The minimum Gasteiger partial charge on any atom is -0.480 e. The Morgan fingerprint density at radius 3 is 2.50 bits per heavy atom. The van der Waals surface area contributed by atoms with Crippen LogP contribution in [0.25, 0.3) is 0 Å². The highest BCUT2D eigenvalue weighted by atomic mass is 32.2. The van der Waals surface area contributed by atoms with Gasteiger partial charge in [-0.2, -0.15) is 0 Å². The molecule has 1 heterocycles. The topological polar surface area (TPSA) is 69.6 Å². The first kappa shape index (κ1) is 13.5. The zero-order valence-corrected chi connectivity index (χ0v) is 11.2. The van der Waals surface area contributed by atoms with Crippen LogP contribution in [0.5, 0.6) is 0 Å². The summed E-state index contributed by atoms with van der Waals surface area (Å²) in [4.78, 5) is 24.4. The number of hydrogen-bond donors (Lipinski definition) is 2. The summed E-state index contributed by atoms with van der Waals surface area (Å²) in [6.07, 6.45) is 7.39. The van der Waals surface area contributed by atoms with Gasteiger partial charge in [0.1, 0.15) is 6.04 Å². The first-order valence-electron chi connectivity index (χ1n) is 6.63. The third-order valence-corrected chi connectivity index (χ3v) is 4.76. The van der Waals surface area contributed by atoms with Crippen molar-refractivity contribution >= 4 is 23.9 Å². The third kappa shape index (κ3) is 3.31. The van der Waals surface area contributed by atoms with Gasteiger partial charge in [-0.25, -0.2) is 9.59 Å². The molecule has 2 N–H and O–H groups in total. The standard InChI is InChI=1S/C12H20N2O3S/c15-11(16)10-7-4-8-14(10)12(17)13-18-9-5-2-1-3-6-9/h9-10H,1-8H2,(H,13,17)(H,15,16)/t10-/m0/s1. The summed E-state index contributed by atoms with van der Waals surface area (Å²) >= 11 is 1.47. The molecule has 1 saturated heterocycles. The second-order valence-corrected chi connectivity index (χ2v) is 6.08. The molecule has 0 radical (unpaired) electrons. The lowest BCUT2D eigenvalue weighted by molar-refractivity contribution is -0.141. The van der Waals surface area contributed by atoms with Crippen molar-refractivity contribution < 1.29 is 14.7 Å². The molecule has 5 nitrogen and oxygen atoms in total. The fourth-order valence-electron chi connectivity index (χ4n) is 2.64. The molecule has 2 fully saturated rings. The van der Waals surface area contributed by atoms with Gasteiger partial charge in [-0.05, 0) is 37.6 Å². The molecule has 0 aromatic carbocycles. The van der Waals surface area contributed by atoms with Crippen LogP contribution in [0, 0.1) is 0 Å². The van der Waals surface area contributed by atoms with E-state index in [2.05, 4.69) is 4.72 Å². The van der Waals surface area contributed by atoms with Crippen molar-refractivity contribution in [3.05, 3.63) is 0 Å². The second-order valence-electron chi connectivity index (χ2n) is 4.97. The number of likely N-dealkylation sites (tertiary alicyclic amines) is 1. The summed E-state index contributed by atoms with van der Waals surface area (Å²) in [5, 5.41) is 9.52. The summed E-state index contributed by atoms with van der Waals surface area (Å²) in [6, 6.07) is -0.882. The lowest BCUT2D eigenvalue weighted by Gasteiger charge is -2.24. The maximum atomic E-state index is 11.9. The Kier molecular flexibility index (Phi) is 4.74. The first-order valence-corrected chi connectivity index (χ1v) is 7.51. The van der Waals surface area contributed by atoms with Gasteiger partial charge in [0.05, 0.1) is 0 Å². The van der Waals surface area contributed by atoms with Gasteiger partial charge in [-0.1, -0.05) is 19.3 Å². The monoisotopic (exact) mass is 272 g/mol. The van der Waals surface area contributed by atoms with Gasteiger partial charge in [-0.15, -0.1) is 0 Å². The van der Waals surface area contributed by atoms with Gasteiger partial charge < -0.3 is 10.0 Å². The number of carbonyl (C=O) groups is 2. The molecule has 0 aromatic heterocycles. The average molecular weight is 272 g/mol. The number of amides is 2. The molecule has 1 saturated carbocycles. The van der Waals surface area contributed by atoms with Gasteiger partial charge in [0, 0.05) is 11.8 Å². The summed E-state index contributed by atoms with van der Waals surface area (Å²) in [5.41, 5.74) is 0. The van der Waals surface area contributed by atoms with E-state index in [-0.39, 0.29) is 6.03 Å². The van der Waals surface area contributed by atoms with Crippen LogP contribution in [0.2, 0.25) is 0 Å². The lowest BCUT2D eigenvalue weighted by atomic mass is 10.0. The van der Waals surface area contributed by atoms with Gasteiger partial charge in [0.15, 0.2) is 0 Å². The van der Waals surface area contributed by atoms with Crippen LogP contribution in [0.3, 0.4) is 0 Å². The number of aliphatic carboxylic acids is 1. The van der Waals surface area contributed by atoms with E-state index in [1.165, 1.54) is 36.1 Å². The SMILES string of the molecule is O=C(O)[C@@H]1CCCN1C(=O)NSC1CCCCC1. The highest BCUT2D eigenvalue weighted by Gasteiger charge is 2.34. The number of carboxylic acid groups (broad SMARTS) is 1. The van der Waals surface area contributed by atoms with Crippen molar-refractivity contribution in [3.8, 4) is 0 Å². The molecule has 1 aliphatic carbocycles. The van der Waals surface area contributed by atoms with Crippen molar-refractivity contribution in [2.45, 2.75) is 56.2 Å².